The number of carbonyl (C=O) groups is 2. The van der Waals surface area contributed by atoms with Gasteiger partial charge in [0.2, 0.25) is 11.8 Å². The fourth-order valence-electron chi connectivity index (χ4n) is 2.54. The number of likely N-dealkylation sites (N-methyl/N-ethyl adjacent to an activating group) is 1. The van der Waals surface area contributed by atoms with E-state index in [0.29, 0.717) is 19.1 Å². The summed E-state index contributed by atoms with van der Waals surface area (Å²) < 4.78 is 5.14. The molecule has 142 valence electrons. The van der Waals surface area contributed by atoms with Gasteiger partial charge in [-0.25, -0.2) is 0 Å². The van der Waals surface area contributed by atoms with E-state index in [1.54, 1.807) is 0 Å². The van der Waals surface area contributed by atoms with E-state index in [9.17, 15) is 9.59 Å². The maximum absolute atomic E-state index is 11.5. The lowest BCUT2D eigenvalue weighted by atomic mass is 10.2. The first-order valence-corrected chi connectivity index (χ1v) is 8.66. The SMILES string of the molecule is C.CC(C)C(=O)N1CCN(C)CC1.CC(C)C(=O)N1CCOCC1. The predicted octanol–water partition coefficient (Wildman–Crippen LogP) is 1.55. The number of hydrogen-bond acceptors (Lipinski definition) is 4. The number of piperazine rings is 1. The number of ether oxygens (including phenoxy) is 1. The molecular weight excluding hydrogens is 306 g/mol. The second kappa shape index (κ2) is 11.4. The van der Waals surface area contributed by atoms with Gasteiger partial charge in [-0.1, -0.05) is 35.1 Å². The van der Waals surface area contributed by atoms with Crippen molar-refractivity contribution in [3.8, 4) is 0 Å². The van der Waals surface area contributed by atoms with E-state index in [4.69, 9.17) is 4.74 Å². The van der Waals surface area contributed by atoms with E-state index < -0.39 is 0 Å². The van der Waals surface area contributed by atoms with E-state index in [0.717, 1.165) is 39.3 Å². The molecule has 24 heavy (non-hydrogen) atoms. The summed E-state index contributed by atoms with van der Waals surface area (Å²) in [5, 5.41) is 0. The Morgan fingerprint density at radius 1 is 0.750 bits per heavy atom. The summed E-state index contributed by atoms with van der Waals surface area (Å²) in [5.74, 6) is 0.804. The smallest absolute Gasteiger partial charge is 0.225 e. The molecule has 0 aliphatic carbocycles. The van der Waals surface area contributed by atoms with Gasteiger partial charge in [-0.05, 0) is 7.05 Å². The van der Waals surface area contributed by atoms with Crippen LogP contribution in [-0.4, -0.2) is 86.0 Å². The first-order valence-electron chi connectivity index (χ1n) is 8.66. The van der Waals surface area contributed by atoms with Crippen molar-refractivity contribution < 1.29 is 14.3 Å². The molecule has 0 atom stereocenters. The summed E-state index contributed by atoms with van der Waals surface area (Å²) in [5.41, 5.74) is 0. The number of hydrogen-bond donors (Lipinski definition) is 0. The molecule has 2 aliphatic rings. The molecule has 0 bridgehead atoms. The molecule has 2 amide bonds. The van der Waals surface area contributed by atoms with Crippen molar-refractivity contribution >= 4 is 11.8 Å². The Hall–Kier alpha value is -1.14. The second-order valence-corrected chi connectivity index (χ2v) is 6.88. The highest BCUT2D eigenvalue weighted by molar-refractivity contribution is 5.78. The van der Waals surface area contributed by atoms with Crippen LogP contribution < -0.4 is 0 Å². The van der Waals surface area contributed by atoms with E-state index in [1.807, 2.05) is 37.5 Å². The highest BCUT2D eigenvalue weighted by Gasteiger charge is 2.20. The summed E-state index contributed by atoms with van der Waals surface area (Å²) >= 11 is 0. The monoisotopic (exact) mass is 343 g/mol. The van der Waals surface area contributed by atoms with Gasteiger partial charge in [-0.3, -0.25) is 9.59 Å². The number of amides is 2. The van der Waals surface area contributed by atoms with Crippen molar-refractivity contribution in [3.05, 3.63) is 0 Å². The Bertz CT molecular complexity index is 372. The van der Waals surface area contributed by atoms with Crippen LogP contribution in [-0.2, 0) is 14.3 Å². The van der Waals surface area contributed by atoms with E-state index in [-0.39, 0.29) is 25.2 Å². The molecule has 2 rings (SSSR count). The van der Waals surface area contributed by atoms with Crippen molar-refractivity contribution in [2.24, 2.45) is 11.8 Å². The van der Waals surface area contributed by atoms with Gasteiger partial charge in [-0.15, -0.1) is 0 Å². The van der Waals surface area contributed by atoms with Crippen LogP contribution in [0, 0.1) is 11.8 Å². The van der Waals surface area contributed by atoms with E-state index >= 15 is 0 Å². The Morgan fingerprint density at radius 3 is 1.50 bits per heavy atom. The zero-order chi connectivity index (χ0) is 17.4. The zero-order valence-electron chi connectivity index (χ0n) is 15.4. The molecule has 2 fully saturated rings. The maximum Gasteiger partial charge on any atom is 0.225 e. The third-order valence-corrected chi connectivity index (χ3v) is 4.13. The molecule has 0 saturated carbocycles. The average Bonchev–Trinajstić information content (AvgIpc) is 2.55. The Kier molecular flexibility index (Phi) is 10.9. The molecule has 0 aromatic rings. The summed E-state index contributed by atoms with van der Waals surface area (Å²) in [6.07, 6.45) is 0. The van der Waals surface area contributed by atoms with Crippen LogP contribution in [0.1, 0.15) is 35.1 Å². The highest BCUT2D eigenvalue weighted by Crippen LogP contribution is 2.05. The number of morpholine rings is 1. The lowest BCUT2D eigenvalue weighted by Gasteiger charge is -2.33. The average molecular weight is 344 g/mol. The van der Waals surface area contributed by atoms with E-state index in [1.165, 1.54) is 0 Å². The minimum atomic E-state index is 0. The molecular formula is C18H37N3O3. The fraction of sp³-hybridized carbons (Fsp3) is 0.889. The van der Waals surface area contributed by atoms with Crippen LogP contribution in [0.4, 0.5) is 0 Å². The van der Waals surface area contributed by atoms with Gasteiger partial charge in [0, 0.05) is 51.1 Å². The Labute approximate surface area is 148 Å². The molecule has 0 spiro atoms. The summed E-state index contributed by atoms with van der Waals surface area (Å²) in [6.45, 7) is 14.5. The third-order valence-electron chi connectivity index (χ3n) is 4.13. The number of nitrogens with zero attached hydrogens (tertiary/aromatic N) is 3. The normalized spacial score (nSPS) is 18.8. The molecule has 2 saturated heterocycles. The quantitative estimate of drug-likeness (QED) is 0.763. The van der Waals surface area contributed by atoms with Crippen LogP contribution in [0.3, 0.4) is 0 Å². The van der Waals surface area contributed by atoms with Crippen LogP contribution in [0.2, 0.25) is 0 Å². The van der Waals surface area contributed by atoms with Crippen molar-refractivity contribution in [2.75, 3.05) is 59.5 Å². The molecule has 0 aromatic carbocycles. The first-order chi connectivity index (χ1) is 10.8. The molecule has 2 heterocycles. The summed E-state index contributed by atoms with van der Waals surface area (Å²) in [7, 11) is 2.09. The van der Waals surface area contributed by atoms with E-state index in [2.05, 4.69) is 11.9 Å². The maximum atomic E-state index is 11.5. The summed E-state index contributed by atoms with van der Waals surface area (Å²) in [6, 6.07) is 0. The van der Waals surface area contributed by atoms with Crippen molar-refractivity contribution in [2.45, 2.75) is 35.1 Å². The van der Waals surface area contributed by atoms with Gasteiger partial charge in [0.15, 0.2) is 0 Å². The third kappa shape index (κ3) is 7.62. The van der Waals surface area contributed by atoms with Crippen molar-refractivity contribution in [1.82, 2.24) is 14.7 Å². The van der Waals surface area contributed by atoms with Gasteiger partial charge in [0.05, 0.1) is 13.2 Å². The Balaban J connectivity index is 0.000000425. The molecule has 6 nitrogen and oxygen atoms in total. The first kappa shape index (κ1) is 22.9. The molecule has 2 aliphatic heterocycles. The molecule has 0 N–H and O–H groups in total. The molecule has 0 aromatic heterocycles. The minimum absolute atomic E-state index is 0. The Morgan fingerprint density at radius 2 is 1.12 bits per heavy atom. The lowest BCUT2D eigenvalue weighted by Crippen LogP contribution is -2.48. The van der Waals surface area contributed by atoms with Gasteiger partial charge in [0.25, 0.3) is 0 Å². The number of rotatable bonds is 2. The molecule has 0 radical (unpaired) electrons. The van der Waals surface area contributed by atoms with Crippen molar-refractivity contribution in [1.29, 1.82) is 0 Å². The highest BCUT2D eigenvalue weighted by atomic mass is 16.5. The van der Waals surface area contributed by atoms with Crippen LogP contribution in [0.25, 0.3) is 0 Å². The van der Waals surface area contributed by atoms with Gasteiger partial charge >= 0.3 is 0 Å². The van der Waals surface area contributed by atoms with Crippen molar-refractivity contribution in [3.63, 3.8) is 0 Å². The van der Waals surface area contributed by atoms with Gasteiger partial charge in [0.1, 0.15) is 0 Å². The zero-order valence-corrected chi connectivity index (χ0v) is 15.4. The molecule has 6 heteroatoms. The van der Waals surface area contributed by atoms with Crippen LogP contribution in [0.5, 0.6) is 0 Å². The van der Waals surface area contributed by atoms with Gasteiger partial charge < -0.3 is 19.4 Å². The standard InChI is InChI=1S/C9H18N2O.C8H15NO2.CH4/c1-8(2)9(12)11-6-4-10(3)5-7-11;1-7(2)8(10)9-3-5-11-6-4-9;/h8H,4-7H2,1-3H3;7H,3-6H2,1-2H3;1H4. The lowest BCUT2D eigenvalue weighted by molar-refractivity contribution is -0.138. The van der Waals surface area contributed by atoms with Crippen LogP contribution >= 0.6 is 0 Å². The summed E-state index contributed by atoms with van der Waals surface area (Å²) in [4.78, 5) is 29.0. The topological polar surface area (TPSA) is 53.1 Å². The second-order valence-electron chi connectivity index (χ2n) is 6.88. The largest absolute Gasteiger partial charge is 0.378 e. The molecule has 0 unspecified atom stereocenters. The number of carbonyl (C=O) groups excluding carboxylic acids is 2. The predicted molar refractivity (Wildman–Crippen MR) is 97.9 cm³/mol. The van der Waals surface area contributed by atoms with Gasteiger partial charge in [-0.2, -0.15) is 0 Å². The fourth-order valence-corrected chi connectivity index (χ4v) is 2.54. The minimum Gasteiger partial charge on any atom is -0.378 e. The van der Waals surface area contributed by atoms with Crippen LogP contribution in [0.15, 0.2) is 0 Å².